The third-order valence-electron chi connectivity index (χ3n) is 3.28. The summed E-state index contributed by atoms with van der Waals surface area (Å²) in [5, 5.41) is 16.0. The molecule has 0 aliphatic carbocycles. The van der Waals surface area contributed by atoms with Crippen molar-refractivity contribution in [1.29, 1.82) is 0 Å². The minimum atomic E-state index is -0.804. The maximum Gasteiger partial charge on any atom is 0.272 e. The van der Waals surface area contributed by atoms with E-state index in [0.29, 0.717) is 6.54 Å². The molecule has 6 nitrogen and oxygen atoms in total. The van der Waals surface area contributed by atoms with Crippen molar-refractivity contribution in [3.8, 4) is 0 Å². The lowest BCUT2D eigenvalue weighted by Gasteiger charge is -2.14. The van der Waals surface area contributed by atoms with Crippen molar-refractivity contribution in [3.63, 3.8) is 0 Å². The molecule has 1 aromatic carbocycles. The van der Waals surface area contributed by atoms with E-state index in [0.717, 1.165) is 18.7 Å². The number of benzene rings is 1. The molecular weight excluding hydrogens is 253 g/mol. The number of anilines is 1. The van der Waals surface area contributed by atoms with Gasteiger partial charge in [0.2, 0.25) is 5.91 Å². The van der Waals surface area contributed by atoms with Crippen LogP contribution in [0, 0.1) is 27.8 Å². The summed E-state index contributed by atoms with van der Waals surface area (Å²) in [5.74, 6) is -1.11. The van der Waals surface area contributed by atoms with Crippen LogP contribution in [0.3, 0.4) is 0 Å². The fourth-order valence-electron chi connectivity index (χ4n) is 2.11. The van der Waals surface area contributed by atoms with Crippen LogP contribution >= 0.6 is 0 Å². The summed E-state index contributed by atoms with van der Waals surface area (Å²) in [6.07, 6.45) is 0. The van der Waals surface area contributed by atoms with E-state index in [1.54, 1.807) is 0 Å². The zero-order chi connectivity index (χ0) is 14.0. The molecule has 7 heteroatoms. The van der Waals surface area contributed by atoms with Crippen LogP contribution in [0.2, 0.25) is 0 Å². The number of nitro benzene ring substituents is 1. The average molecular weight is 267 g/mol. The average Bonchev–Trinajstić information content (AvgIpc) is 2.77. The Kier molecular flexibility index (Phi) is 3.75. The molecule has 19 heavy (non-hydrogen) atoms. The number of hydrogen-bond donors (Lipinski definition) is 2. The molecule has 0 aromatic heterocycles. The molecule has 0 bridgehead atoms. The predicted octanol–water partition coefficient (Wildman–Crippen LogP) is 1.53. The van der Waals surface area contributed by atoms with E-state index in [1.807, 2.05) is 6.92 Å². The van der Waals surface area contributed by atoms with Crippen molar-refractivity contribution in [2.24, 2.45) is 11.8 Å². The van der Waals surface area contributed by atoms with Gasteiger partial charge in [-0.3, -0.25) is 14.9 Å². The van der Waals surface area contributed by atoms with Gasteiger partial charge in [0.15, 0.2) is 5.82 Å². The number of hydrogen-bond acceptors (Lipinski definition) is 4. The highest BCUT2D eigenvalue weighted by atomic mass is 19.1. The van der Waals surface area contributed by atoms with Crippen molar-refractivity contribution >= 4 is 17.3 Å². The molecule has 2 atom stereocenters. The third-order valence-corrected chi connectivity index (χ3v) is 3.28. The van der Waals surface area contributed by atoms with Gasteiger partial charge in [0.1, 0.15) is 0 Å². The molecule has 1 amide bonds. The molecule has 0 saturated carbocycles. The molecule has 1 aliphatic rings. The van der Waals surface area contributed by atoms with Gasteiger partial charge in [-0.25, -0.2) is 4.39 Å². The minimum absolute atomic E-state index is 0.0327. The minimum Gasteiger partial charge on any atom is -0.323 e. The second-order valence-electron chi connectivity index (χ2n) is 4.65. The van der Waals surface area contributed by atoms with Crippen LogP contribution in [-0.4, -0.2) is 23.9 Å². The van der Waals surface area contributed by atoms with Gasteiger partial charge < -0.3 is 10.6 Å². The molecule has 1 saturated heterocycles. The number of amides is 1. The Morgan fingerprint density at radius 1 is 1.53 bits per heavy atom. The van der Waals surface area contributed by atoms with E-state index in [9.17, 15) is 19.3 Å². The molecule has 102 valence electrons. The fourth-order valence-corrected chi connectivity index (χ4v) is 2.11. The second kappa shape index (κ2) is 5.31. The lowest BCUT2D eigenvalue weighted by Crippen LogP contribution is -2.28. The van der Waals surface area contributed by atoms with Crippen LogP contribution in [0.25, 0.3) is 0 Å². The first-order valence-electron chi connectivity index (χ1n) is 5.94. The number of nitrogens with zero attached hydrogens (tertiary/aromatic N) is 1. The van der Waals surface area contributed by atoms with Gasteiger partial charge in [-0.2, -0.15) is 0 Å². The van der Waals surface area contributed by atoms with Crippen LogP contribution in [0.1, 0.15) is 6.92 Å². The van der Waals surface area contributed by atoms with Gasteiger partial charge in [-0.15, -0.1) is 0 Å². The van der Waals surface area contributed by atoms with Gasteiger partial charge in [0.05, 0.1) is 22.6 Å². The highest BCUT2D eigenvalue weighted by molar-refractivity contribution is 5.93. The zero-order valence-electron chi connectivity index (χ0n) is 10.4. The Bertz CT molecular complexity index is 521. The first kappa shape index (κ1) is 13.4. The van der Waals surface area contributed by atoms with E-state index in [2.05, 4.69) is 10.6 Å². The van der Waals surface area contributed by atoms with Crippen molar-refractivity contribution < 1.29 is 14.1 Å². The van der Waals surface area contributed by atoms with Crippen LogP contribution in [0.15, 0.2) is 18.2 Å². The summed E-state index contributed by atoms with van der Waals surface area (Å²) in [4.78, 5) is 21.7. The van der Waals surface area contributed by atoms with Gasteiger partial charge >= 0.3 is 0 Å². The van der Waals surface area contributed by atoms with Crippen molar-refractivity contribution in [3.05, 3.63) is 34.1 Å². The standard InChI is InChI=1S/C12H14FN3O3/c1-7-5-14-6-9(7)12(17)15-11-3-2-8(16(18)19)4-10(11)13/h2-4,7,9,14H,5-6H2,1H3,(H,15,17)/t7-,9-/m1/s1. The van der Waals surface area contributed by atoms with Gasteiger partial charge in [-0.1, -0.05) is 6.92 Å². The first-order valence-corrected chi connectivity index (χ1v) is 5.94. The lowest BCUT2D eigenvalue weighted by atomic mass is 9.97. The largest absolute Gasteiger partial charge is 0.323 e. The lowest BCUT2D eigenvalue weighted by molar-refractivity contribution is -0.385. The smallest absolute Gasteiger partial charge is 0.272 e. The highest BCUT2D eigenvalue weighted by Gasteiger charge is 2.30. The van der Waals surface area contributed by atoms with E-state index >= 15 is 0 Å². The van der Waals surface area contributed by atoms with Crippen molar-refractivity contribution in [2.45, 2.75) is 6.92 Å². The summed E-state index contributed by atoms with van der Waals surface area (Å²) < 4.78 is 13.6. The van der Waals surface area contributed by atoms with Gasteiger partial charge in [0, 0.05) is 12.6 Å². The van der Waals surface area contributed by atoms with E-state index in [1.165, 1.54) is 6.07 Å². The quantitative estimate of drug-likeness (QED) is 0.642. The number of carbonyl (C=O) groups excluding carboxylic acids is 1. The summed E-state index contributed by atoms with van der Waals surface area (Å²) in [5.41, 5.74) is -0.374. The number of nitrogens with one attached hydrogen (secondary N) is 2. The zero-order valence-corrected chi connectivity index (χ0v) is 10.4. The van der Waals surface area contributed by atoms with Crippen LogP contribution in [-0.2, 0) is 4.79 Å². The topological polar surface area (TPSA) is 84.3 Å². The number of halogens is 1. The van der Waals surface area contributed by atoms with Crippen molar-refractivity contribution in [2.75, 3.05) is 18.4 Å². The van der Waals surface area contributed by atoms with E-state index in [4.69, 9.17) is 0 Å². The second-order valence-corrected chi connectivity index (χ2v) is 4.65. The molecule has 2 N–H and O–H groups in total. The van der Waals surface area contributed by atoms with Crippen LogP contribution in [0.5, 0.6) is 0 Å². The highest BCUT2D eigenvalue weighted by Crippen LogP contribution is 2.23. The fraction of sp³-hybridized carbons (Fsp3) is 0.417. The molecule has 0 spiro atoms. The number of carbonyl (C=O) groups is 1. The molecule has 2 rings (SSSR count). The van der Waals surface area contributed by atoms with Gasteiger partial charge in [0.25, 0.3) is 5.69 Å². The monoisotopic (exact) mass is 267 g/mol. The van der Waals surface area contributed by atoms with E-state index < -0.39 is 10.7 Å². The Balaban J connectivity index is 2.11. The summed E-state index contributed by atoms with van der Waals surface area (Å²) >= 11 is 0. The molecule has 1 fully saturated rings. The molecular formula is C12H14FN3O3. The molecule has 0 radical (unpaired) electrons. The molecule has 1 heterocycles. The first-order chi connectivity index (χ1) is 8.99. The SMILES string of the molecule is C[C@@H]1CNC[C@H]1C(=O)Nc1ccc([N+](=O)[O-])cc1F. The Morgan fingerprint density at radius 3 is 2.79 bits per heavy atom. The Labute approximate surface area is 109 Å². The predicted molar refractivity (Wildman–Crippen MR) is 67.2 cm³/mol. The maximum absolute atomic E-state index is 13.6. The number of rotatable bonds is 3. The third kappa shape index (κ3) is 2.87. The normalized spacial score (nSPS) is 22.2. The summed E-state index contributed by atoms with van der Waals surface area (Å²) in [7, 11) is 0. The van der Waals surface area contributed by atoms with Crippen LogP contribution in [0.4, 0.5) is 15.8 Å². The molecule has 1 aliphatic heterocycles. The Morgan fingerprint density at radius 2 is 2.26 bits per heavy atom. The maximum atomic E-state index is 13.6. The van der Waals surface area contributed by atoms with E-state index in [-0.39, 0.29) is 29.1 Å². The summed E-state index contributed by atoms with van der Waals surface area (Å²) in [6, 6.07) is 3.17. The van der Waals surface area contributed by atoms with Gasteiger partial charge in [-0.05, 0) is 18.5 Å². The molecule has 1 aromatic rings. The number of non-ortho nitro benzene ring substituents is 1. The van der Waals surface area contributed by atoms with Crippen LogP contribution < -0.4 is 10.6 Å². The van der Waals surface area contributed by atoms with Crippen molar-refractivity contribution in [1.82, 2.24) is 5.32 Å². The molecule has 0 unspecified atom stereocenters. The Hall–Kier alpha value is -2.02. The number of nitro groups is 1. The summed E-state index contributed by atoms with van der Waals surface area (Å²) in [6.45, 7) is 3.25.